The third-order valence-electron chi connectivity index (χ3n) is 6.12. The molecule has 40 heavy (non-hydrogen) atoms. The zero-order valence-electron chi connectivity index (χ0n) is 21.3. The second kappa shape index (κ2) is 12.3. The molecule has 0 amide bonds. The lowest BCUT2D eigenvalue weighted by molar-refractivity contribution is -0.138. The van der Waals surface area contributed by atoms with Crippen LogP contribution >= 0.6 is 11.6 Å². The van der Waals surface area contributed by atoms with Crippen molar-refractivity contribution < 1.29 is 33.0 Å². The first kappa shape index (κ1) is 28.7. The van der Waals surface area contributed by atoms with Crippen LogP contribution in [-0.2, 0) is 27.8 Å². The minimum Gasteiger partial charge on any atom is -0.481 e. The first-order chi connectivity index (χ1) is 19.1. The fourth-order valence-corrected chi connectivity index (χ4v) is 5.46. The van der Waals surface area contributed by atoms with Crippen LogP contribution in [0.5, 0.6) is 5.75 Å². The fraction of sp³-hybridized carbons (Fsp3) is 0.172. The molecule has 11 heteroatoms. The summed E-state index contributed by atoms with van der Waals surface area (Å²) in [7, 11) is -4.22. The molecule has 4 rings (SSSR count). The number of carboxylic acid groups (broad SMARTS) is 2. The molecular weight excluding hydrogens is 556 g/mol. The van der Waals surface area contributed by atoms with E-state index in [1.165, 1.54) is 36.4 Å². The molecule has 0 aliphatic heterocycles. The van der Waals surface area contributed by atoms with Crippen molar-refractivity contribution >= 4 is 44.5 Å². The van der Waals surface area contributed by atoms with Gasteiger partial charge in [0, 0.05) is 35.1 Å². The van der Waals surface area contributed by atoms with Crippen LogP contribution in [0.2, 0.25) is 5.02 Å². The summed E-state index contributed by atoms with van der Waals surface area (Å²) >= 11 is 5.99. The number of carbonyl (C=O) groups is 2. The van der Waals surface area contributed by atoms with Crippen molar-refractivity contribution in [1.82, 2.24) is 9.29 Å². The number of nitrogens with one attached hydrogen (secondary N) is 1. The highest BCUT2D eigenvalue weighted by atomic mass is 35.5. The van der Waals surface area contributed by atoms with E-state index in [4.69, 9.17) is 16.3 Å². The van der Waals surface area contributed by atoms with Gasteiger partial charge in [0.15, 0.2) is 0 Å². The molecular formula is C29H25ClN2O7S. The van der Waals surface area contributed by atoms with Gasteiger partial charge in [0.05, 0.1) is 10.5 Å². The van der Waals surface area contributed by atoms with Crippen LogP contribution in [-0.4, -0.2) is 47.8 Å². The van der Waals surface area contributed by atoms with Crippen LogP contribution in [0.1, 0.15) is 28.4 Å². The number of hydrogen-bond acceptors (Lipinski definition) is 5. The quantitative estimate of drug-likeness (QED) is 0.224. The predicted molar refractivity (Wildman–Crippen MR) is 150 cm³/mol. The van der Waals surface area contributed by atoms with E-state index in [0.29, 0.717) is 33.8 Å². The molecule has 9 nitrogen and oxygen atoms in total. The Morgan fingerprint density at radius 3 is 2.38 bits per heavy atom. The smallest absolute Gasteiger partial charge is 0.335 e. The van der Waals surface area contributed by atoms with E-state index in [0.717, 1.165) is 5.56 Å². The van der Waals surface area contributed by atoms with Crippen LogP contribution in [0.15, 0.2) is 77.8 Å². The SMILES string of the molecule is CC#CCOc1ccc(S(=O)(=O)NC(Cc2cn(Cc3ccc(Cl)cc3)c3ccc(C(=O)O)cc23)C(=O)O)cc1. The number of ether oxygens (including phenoxy) is 1. The van der Waals surface area contributed by atoms with Gasteiger partial charge in [0.25, 0.3) is 0 Å². The molecule has 0 fully saturated rings. The van der Waals surface area contributed by atoms with Gasteiger partial charge in [-0.15, -0.1) is 5.92 Å². The van der Waals surface area contributed by atoms with E-state index >= 15 is 0 Å². The van der Waals surface area contributed by atoms with Crippen molar-refractivity contribution in [1.29, 1.82) is 0 Å². The average molecular weight is 581 g/mol. The van der Waals surface area contributed by atoms with Crippen LogP contribution in [0.25, 0.3) is 10.9 Å². The number of benzene rings is 3. The zero-order valence-corrected chi connectivity index (χ0v) is 22.9. The standard InChI is InChI=1S/C29H25ClN2O7S/c1-2-3-14-39-23-9-11-24(12-10-23)40(37,38)31-26(29(35)36)16-21-18-32(17-19-4-7-22(30)8-5-19)27-13-6-20(28(33)34)15-25(21)27/h4-13,15,18,26,31H,14,16-17H2,1H3,(H,33,34)(H,35,36). The van der Waals surface area contributed by atoms with Crippen LogP contribution in [0.3, 0.4) is 0 Å². The number of fused-ring (bicyclic) bond motifs is 1. The molecule has 0 saturated heterocycles. The molecule has 0 aliphatic carbocycles. The lowest BCUT2D eigenvalue weighted by Gasteiger charge is -2.15. The molecule has 1 aromatic heterocycles. The Labute approximate surface area is 236 Å². The highest BCUT2D eigenvalue weighted by Crippen LogP contribution is 2.26. The first-order valence-electron chi connectivity index (χ1n) is 12.0. The van der Waals surface area contributed by atoms with E-state index in [9.17, 15) is 28.2 Å². The average Bonchev–Trinajstić information content (AvgIpc) is 3.26. The number of halogens is 1. The first-order valence-corrected chi connectivity index (χ1v) is 13.9. The van der Waals surface area contributed by atoms with Crippen LogP contribution < -0.4 is 9.46 Å². The molecule has 0 radical (unpaired) electrons. The number of carboxylic acids is 2. The monoisotopic (exact) mass is 580 g/mol. The summed E-state index contributed by atoms with van der Waals surface area (Å²) in [4.78, 5) is 23.7. The van der Waals surface area contributed by atoms with Crippen LogP contribution in [0, 0.1) is 11.8 Å². The van der Waals surface area contributed by atoms with Gasteiger partial charge >= 0.3 is 11.9 Å². The van der Waals surface area contributed by atoms with Crippen molar-refractivity contribution in [2.24, 2.45) is 0 Å². The van der Waals surface area contributed by atoms with Gasteiger partial charge in [-0.3, -0.25) is 4.79 Å². The fourth-order valence-electron chi connectivity index (χ4n) is 4.15. The minimum atomic E-state index is -4.22. The number of rotatable bonds is 11. The zero-order chi connectivity index (χ0) is 28.9. The highest BCUT2D eigenvalue weighted by molar-refractivity contribution is 7.89. The van der Waals surface area contributed by atoms with Crippen LogP contribution in [0.4, 0.5) is 0 Å². The van der Waals surface area contributed by atoms with E-state index in [-0.39, 0.29) is 23.5 Å². The summed E-state index contributed by atoms with van der Waals surface area (Å²) < 4.78 is 35.6. The van der Waals surface area contributed by atoms with Crippen molar-refractivity contribution in [3.05, 3.63) is 94.6 Å². The van der Waals surface area contributed by atoms with Gasteiger partial charge < -0.3 is 19.5 Å². The molecule has 3 N–H and O–H groups in total. The Balaban J connectivity index is 1.64. The van der Waals surface area contributed by atoms with Gasteiger partial charge in [0.2, 0.25) is 10.0 Å². The summed E-state index contributed by atoms with van der Waals surface area (Å²) in [6, 6.07) is 15.8. The van der Waals surface area contributed by atoms with Crippen molar-refractivity contribution in [2.45, 2.75) is 30.8 Å². The van der Waals surface area contributed by atoms with Gasteiger partial charge in [0.1, 0.15) is 18.4 Å². The van der Waals surface area contributed by atoms with Crippen molar-refractivity contribution in [3.8, 4) is 17.6 Å². The molecule has 1 heterocycles. The number of nitrogens with zero attached hydrogens (tertiary/aromatic N) is 1. The minimum absolute atomic E-state index is 0.0256. The Morgan fingerprint density at radius 1 is 1.05 bits per heavy atom. The van der Waals surface area contributed by atoms with Gasteiger partial charge in [-0.1, -0.05) is 29.7 Å². The Morgan fingerprint density at radius 2 is 1.75 bits per heavy atom. The summed E-state index contributed by atoms with van der Waals surface area (Å²) in [5.41, 5.74) is 2.09. The maximum Gasteiger partial charge on any atom is 0.335 e. The number of aromatic carboxylic acids is 1. The predicted octanol–water partition coefficient (Wildman–Crippen LogP) is 4.42. The van der Waals surface area contributed by atoms with E-state index in [1.807, 2.05) is 16.7 Å². The van der Waals surface area contributed by atoms with E-state index < -0.39 is 28.0 Å². The second-order valence-corrected chi connectivity index (χ2v) is 11.0. The highest BCUT2D eigenvalue weighted by Gasteiger charge is 2.27. The third kappa shape index (κ3) is 6.82. The second-order valence-electron chi connectivity index (χ2n) is 8.85. The number of hydrogen-bond donors (Lipinski definition) is 3. The number of aromatic nitrogens is 1. The molecule has 0 saturated carbocycles. The largest absolute Gasteiger partial charge is 0.481 e. The molecule has 0 spiro atoms. The Bertz CT molecular complexity index is 1720. The summed E-state index contributed by atoms with van der Waals surface area (Å²) in [5, 5.41) is 20.5. The summed E-state index contributed by atoms with van der Waals surface area (Å²) in [5.74, 6) is 3.32. The molecule has 0 bridgehead atoms. The van der Waals surface area contributed by atoms with Crippen molar-refractivity contribution in [3.63, 3.8) is 0 Å². The van der Waals surface area contributed by atoms with Gasteiger partial charge in [-0.25, -0.2) is 13.2 Å². The lowest BCUT2D eigenvalue weighted by atomic mass is 10.0. The van der Waals surface area contributed by atoms with E-state index in [1.54, 1.807) is 31.3 Å². The maximum absolute atomic E-state index is 13.1. The molecule has 206 valence electrons. The Hall–Kier alpha value is -4.30. The molecule has 3 aromatic carbocycles. The summed E-state index contributed by atoms with van der Waals surface area (Å²) in [6.45, 7) is 2.23. The normalized spacial score (nSPS) is 11.9. The number of sulfonamides is 1. The lowest BCUT2D eigenvalue weighted by Crippen LogP contribution is -2.42. The number of aliphatic carboxylic acids is 1. The summed E-state index contributed by atoms with van der Waals surface area (Å²) in [6.07, 6.45) is 1.49. The van der Waals surface area contributed by atoms with Gasteiger partial charge in [-0.2, -0.15) is 4.72 Å². The van der Waals surface area contributed by atoms with Crippen molar-refractivity contribution in [2.75, 3.05) is 6.61 Å². The molecule has 0 aliphatic rings. The molecule has 4 aromatic rings. The molecule has 1 unspecified atom stereocenters. The Kier molecular flexibility index (Phi) is 8.80. The molecule has 1 atom stereocenters. The van der Waals surface area contributed by atoms with E-state index in [2.05, 4.69) is 16.6 Å². The topological polar surface area (TPSA) is 135 Å². The third-order valence-corrected chi connectivity index (χ3v) is 7.86. The maximum atomic E-state index is 13.1. The van der Waals surface area contributed by atoms with Gasteiger partial charge in [-0.05, 0) is 72.6 Å².